The molecule has 0 radical (unpaired) electrons. The van der Waals surface area contributed by atoms with Crippen molar-refractivity contribution in [1.29, 1.82) is 0 Å². The molecule has 19 heavy (non-hydrogen) atoms. The molecule has 1 saturated heterocycles. The first-order valence-corrected chi connectivity index (χ1v) is 6.97. The van der Waals surface area contributed by atoms with Gasteiger partial charge in [0, 0.05) is 24.7 Å². The number of aliphatic hydroxyl groups is 1. The number of nitrogens with one attached hydrogen (secondary N) is 1. The Bertz CT molecular complexity index is 383. The van der Waals surface area contributed by atoms with Gasteiger partial charge in [-0.2, -0.15) is 0 Å². The van der Waals surface area contributed by atoms with Gasteiger partial charge in [0.25, 0.3) is 0 Å². The van der Waals surface area contributed by atoms with Crippen molar-refractivity contribution in [3.05, 3.63) is 29.3 Å². The minimum absolute atomic E-state index is 0.258. The van der Waals surface area contributed by atoms with E-state index in [1.54, 1.807) is 12.1 Å². The number of hydrogen-bond acceptors (Lipinski definition) is 4. The third kappa shape index (κ3) is 5.37. The lowest BCUT2D eigenvalue weighted by molar-refractivity contribution is 0.105. The van der Waals surface area contributed by atoms with Crippen molar-refractivity contribution in [2.45, 2.75) is 12.5 Å². The lowest BCUT2D eigenvalue weighted by Gasteiger charge is -2.15. The second-order valence-electron chi connectivity index (χ2n) is 4.81. The van der Waals surface area contributed by atoms with E-state index in [1.165, 1.54) is 0 Å². The zero-order valence-electron chi connectivity index (χ0n) is 10.8. The summed E-state index contributed by atoms with van der Waals surface area (Å²) < 4.78 is 10.8. The summed E-state index contributed by atoms with van der Waals surface area (Å²) in [6.07, 6.45) is 0.573. The van der Waals surface area contributed by atoms with E-state index in [0.29, 0.717) is 23.2 Å². The first-order chi connectivity index (χ1) is 9.24. The summed E-state index contributed by atoms with van der Waals surface area (Å²) >= 11 is 5.85. The Labute approximate surface area is 118 Å². The minimum Gasteiger partial charge on any atom is -0.491 e. The number of halogens is 1. The standard InChI is InChI=1S/C14H20ClNO3/c15-12-2-1-3-14(6-12)19-10-13(17)8-16-7-11-4-5-18-9-11/h1-3,6,11,13,16-17H,4-5,7-10H2. The molecule has 0 spiro atoms. The molecule has 0 amide bonds. The molecule has 1 aromatic carbocycles. The Kier molecular flexibility index (Phi) is 5.92. The fourth-order valence-electron chi connectivity index (χ4n) is 2.01. The van der Waals surface area contributed by atoms with Crippen molar-refractivity contribution in [2.24, 2.45) is 5.92 Å². The Morgan fingerprint density at radius 2 is 2.42 bits per heavy atom. The van der Waals surface area contributed by atoms with Crippen molar-refractivity contribution in [2.75, 3.05) is 32.9 Å². The molecular formula is C14H20ClNO3. The SMILES string of the molecule is OC(CNCC1CCOC1)COc1cccc(Cl)c1. The quantitative estimate of drug-likeness (QED) is 0.801. The van der Waals surface area contributed by atoms with Crippen LogP contribution in [0.4, 0.5) is 0 Å². The summed E-state index contributed by atoms with van der Waals surface area (Å²) in [6.45, 7) is 3.34. The second kappa shape index (κ2) is 7.70. The summed E-state index contributed by atoms with van der Waals surface area (Å²) in [5.74, 6) is 1.25. The average Bonchev–Trinajstić information content (AvgIpc) is 2.90. The van der Waals surface area contributed by atoms with E-state index in [0.717, 1.165) is 26.2 Å². The van der Waals surface area contributed by atoms with Gasteiger partial charge < -0.3 is 19.9 Å². The molecule has 0 aliphatic carbocycles. The van der Waals surface area contributed by atoms with Crippen molar-refractivity contribution < 1.29 is 14.6 Å². The van der Waals surface area contributed by atoms with E-state index in [9.17, 15) is 5.11 Å². The molecule has 1 heterocycles. The minimum atomic E-state index is -0.527. The highest BCUT2D eigenvalue weighted by molar-refractivity contribution is 6.30. The van der Waals surface area contributed by atoms with Crippen molar-refractivity contribution in [3.63, 3.8) is 0 Å². The monoisotopic (exact) mass is 285 g/mol. The van der Waals surface area contributed by atoms with Crippen LogP contribution in [0.2, 0.25) is 5.02 Å². The van der Waals surface area contributed by atoms with Crippen LogP contribution < -0.4 is 10.1 Å². The Morgan fingerprint density at radius 3 is 3.16 bits per heavy atom. The summed E-state index contributed by atoms with van der Waals surface area (Å²) in [5, 5.41) is 13.7. The molecule has 5 heteroatoms. The zero-order chi connectivity index (χ0) is 13.5. The van der Waals surface area contributed by atoms with Gasteiger partial charge in [-0.15, -0.1) is 0 Å². The fraction of sp³-hybridized carbons (Fsp3) is 0.571. The lowest BCUT2D eigenvalue weighted by atomic mass is 10.1. The van der Waals surface area contributed by atoms with Crippen LogP contribution in [-0.2, 0) is 4.74 Å². The van der Waals surface area contributed by atoms with E-state index >= 15 is 0 Å². The van der Waals surface area contributed by atoms with Gasteiger partial charge in [-0.3, -0.25) is 0 Å². The molecule has 2 unspecified atom stereocenters. The number of aliphatic hydroxyl groups excluding tert-OH is 1. The highest BCUT2D eigenvalue weighted by Crippen LogP contribution is 2.17. The topological polar surface area (TPSA) is 50.7 Å². The van der Waals surface area contributed by atoms with Gasteiger partial charge in [-0.1, -0.05) is 17.7 Å². The van der Waals surface area contributed by atoms with Gasteiger partial charge >= 0.3 is 0 Å². The molecule has 1 aromatic rings. The maximum Gasteiger partial charge on any atom is 0.120 e. The molecule has 0 saturated carbocycles. The van der Waals surface area contributed by atoms with E-state index < -0.39 is 6.10 Å². The first-order valence-electron chi connectivity index (χ1n) is 6.59. The summed E-state index contributed by atoms with van der Waals surface area (Å²) in [4.78, 5) is 0. The normalized spacial score (nSPS) is 20.4. The Morgan fingerprint density at radius 1 is 1.53 bits per heavy atom. The number of rotatable bonds is 7. The molecule has 1 aliphatic rings. The Balaban J connectivity index is 1.60. The van der Waals surface area contributed by atoms with Gasteiger partial charge in [-0.05, 0) is 30.5 Å². The van der Waals surface area contributed by atoms with Crippen molar-refractivity contribution >= 4 is 11.6 Å². The van der Waals surface area contributed by atoms with E-state index in [4.69, 9.17) is 21.1 Å². The van der Waals surface area contributed by atoms with Gasteiger partial charge in [-0.25, -0.2) is 0 Å². The third-order valence-corrected chi connectivity index (χ3v) is 3.31. The highest BCUT2D eigenvalue weighted by Gasteiger charge is 2.15. The first kappa shape index (κ1) is 14.6. The molecule has 2 atom stereocenters. The lowest BCUT2D eigenvalue weighted by Crippen LogP contribution is -2.34. The van der Waals surface area contributed by atoms with Crippen LogP contribution in [0.25, 0.3) is 0 Å². The predicted molar refractivity (Wildman–Crippen MR) is 74.7 cm³/mol. The molecule has 4 nitrogen and oxygen atoms in total. The smallest absolute Gasteiger partial charge is 0.120 e. The van der Waals surface area contributed by atoms with Crippen LogP contribution in [0.3, 0.4) is 0 Å². The number of hydrogen-bond donors (Lipinski definition) is 2. The van der Waals surface area contributed by atoms with Crippen LogP contribution >= 0.6 is 11.6 Å². The maximum absolute atomic E-state index is 9.80. The van der Waals surface area contributed by atoms with Crippen LogP contribution in [0.15, 0.2) is 24.3 Å². The van der Waals surface area contributed by atoms with Gasteiger partial charge in [0.2, 0.25) is 0 Å². The number of ether oxygens (including phenoxy) is 2. The fourth-order valence-corrected chi connectivity index (χ4v) is 2.19. The summed E-state index contributed by atoms with van der Waals surface area (Å²) in [6, 6.07) is 7.16. The summed E-state index contributed by atoms with van der Waals surface area (Å²) in [5.41, 5.74) is 0. The summed E-state index contributed by atoms with van der Waals surface area (Å²) in [7, 11) is 0. The molecule has 2 rings (SSSR count). The molecule has 1 aliphatic heterocycles. The van der Waals surface area contributed by atoms with Crippen LogP contribution in [-0.4, -0.2) is 44.1 Å². The van der Waals surface area contributed by atoms with E-state index in [2.05, 4.69) is 5.32 Å². The second-order valence-corrected chi connectivity index (χ2v) is 5.25. The molecule has 0 bridgehead atoms. The van der Waals surface area contributed by atoms with Gasteiger partial charge in [0.15, 0.2) is 0 Å². The zero-order valence-corrected chi connectivity index (χ0v) is 11.6. The largest absolute Gasteiger partial charge is 0.491 e. The number of benzene rings is 1. The van der Waals surface area contributed by atoms with E-state index in [1.807, 2.05) is 12.1 Å². The van der Waals surface area contributed by atoms with Crippen LogP contribution in [0, 0.1) is 5.92 Å². The maximum atomic E-state index is 9.80. The predicted octanol–water partition coefficient (Wildman–Crippen LogP) is 1.71. The molecule has 106 valence electrons. The van der Waals surface area contributed by atoms with Gasteiger partial charge in [0.05, 0.1) is 6.61 Å². The highest BCUT2D eigenvalue weighted by atomic mass is 35.5. The molecular weight excluding hydrogens is 266 g/mol. The van der Waals surface area contributed by atoms with Crippen molar-refractivity contribution in [3.8, 4) is 5.75 Å². The molecule has 1 fully saturated rings. The molecule has 2 N–H and O–H groups in total. The van der Waals surface area contributed by atoms with Crippen LogP contribution in [0.5, 0.6) is 5.75 Å². The average molecular weight is 286 g/mol. The van der Waals surface area contributed by atoms with Crippen molar-refractivity contribution in [1.82, 2.24) is 5.32 Å². The van der Waals surface area contributed by atoms with Crippen LogP contribution in [0.1, 0.15) is 6.42 Å². The molecule has 0 aromatic heterocycles. The van der Waals surface area contributed by atoms with E-state index in [-0.39, 0.29) is 6.61 Å². The Hall–Kier alpha value is -0.810. The third-order valence-electron chi connectivity index (χ3n) is 3.08. The van der Waals surface area contributed by atoms with Gasteiger partial charge in [0.1, 0.15) is 18.5 Å².